The van der Waals surface area contributed by atoms with Crippen molar-refractivity contribution in [2.75, 3.05) is 0 Å². The monoisotopic (exact) mass is 85.1 g/mol. The average Bonchev–Trinajstić information content (AvgIpc) is 1.87. The number of nitrogens with two attached hydrogens (primary N) is 1. The summed E-state index contributed by atoms with van der Waals surface area (Å²) in [7, 11) is 0. The zero-order valence-electron chi connectivity index (χ0n) is 4.18. The van der Waals surface area contributed by atoms with Crippen LogP contribution in [0.15, 0.2) is 10.2 Å². The fraction of sp³-hybridized carbons (Fsp3) is 0.333. The highest BCUT2D eigenvalue weighted by molar-refractivity contribution is 5.95. The van der Waals surface area contributed by atoms with E-state index < -0.39 is 0 Å². The van der Waals surface area contributed by atoms with Gasteiger partial charge in [-0.05, 0) is 0 Å². The third-order valence-corrected chi connectivity index (χ3v) is 0.509. The second-order valence-electron chi connectivity index (χ2n) is 1.03. The van der Waals surface area contributed by atoms with Crippen molar-refractivity contribution in [1.29, 1.82) is 0 Å². The number of hydrogen-bond donors (Lipinski definition) is 1. The average molecular weight is 85.1 g/mol. The van der Waals surface area contributed by atoms with E-state index in [-0.39, 0.29) is 6.19 Å². The maximum absolute atomic E-state index is 6.82. The predicted octanol–water partition coefficient (Wildman–Crippen LogP) is -0.267. The van der Waals surface area contributed by atoms with Gasteiger partial charge in [-0.1, -0.05) is 0 Å². The Kier molecular flexibility index (Phi) is 0.422. The number of hydrogen-bond acceptors (Lipinski definition) is 3. The summed E-state index contributed by atoms with van der Waals surface area (Å²) < 4.78 is 6.82. The highest BCUT2D eigenvalue weighted by Crippen LogP contribution is 1.85. The predicted molar refractivity (Wildman–Crippen MR) is 24.7 cm³/mol. The van der Waals surface area contributed by atoms with Gasteiger partial charge in [0.2, 0.25) is 0 Å². The summed E-state index contributed by atoms with van der Waals surface area (Å²) >= 11 is 0. The van der Waals surface area contributed by atoms with E-state index in [1.165, 1.54) is 0 Å². The molecule has 0 spiro atoms. The van der Waals surface area contributed by atoms with Crippen LogP contribution in [-0.2, 0) is 0 Å². The summed E-state index contributed by atoms with van der Waals surface area (Å²) in [5, 5.41) is 6.78. The highest BCUT2D eigenvalue weighted by Gasteiger charge is 1.90. The second-order valence-corrected chi connectivity index (χ2v) is 1.03. The molecule has 3 nitrogen and oxygen atoms in total. The Morgan fingerprint density at radius 3 is 3.17 bits per heavy atom. The molecule has 0 saturated carbocycles. The van der Waals surface area contributed by atoms with E-state index >= 15 is 0 Å². The maximum atomic E-state index is 6.82. The van der Waals surface area contributed by atoms with Crippen molar-refractivity contribution in [3.63, 3.8) is 0 Å². The van der Waals surface area contributed by atoms with E-state index in [9.17, 15) is 0 Å². The van der Waals surface area contributed by atoms with Crippen LogP contribution in [0.3, 0.4) is 0 Å². The van der Waals surface area contributed by atoms with Crippen LogP contribution in [0.25, 0.3) is 0 Å². The van der Waals surface area contributed by atoms with E-state index in [1.807, 2.05) is 0 Å². The lowest BCUT2D eigenvalue weighted by Gasteiger charge is -1.75. The van der Waals surface area contributed by atoms with Crippen LogP contribution in [0.2, 0.25) is 0 Å². The molecule has 2 N–H and O–H groups in total. The Bertz CT molecular complexity index is 121. The van der Waals surface area contributed by atoms with Crippen LogP contribution in [0.5, 0.6) is 0 Å². The molecule has 0 unspecified atom stereocenters. The Morgan fingerprint density at radius 2 is 3.00 bits per heavy atom. The molecule has 6 heavy (non-hydrogen) atoms. The summed E-state index contributed by atoms with van der Waals surface area (Å²) in [4.78, 5) is 0. The Morgan fingerprint density at radius 1 is 2.17 bits per heavy atom. The minimum absolute atomic E-state index is 0.248. The molecular weight excluding hydrogens is 78.1 g/mol. The van der Waals surface area contributed by atoms with E-state index in [4.69, 9.17) is 7.10 Å². The molecule has 0 aromatic heterocycles. The smallest absolute Gasteiger partial charge is 0.127 e. The van der Waals surface area contributed by atoms with Gasteiger partial charge < -0.3 is 5.73 Å². The van der Waals surface area contributed by atoms with Gasteiger partial charge in [0.15, 0.2) is 0 Å². The first-order valence-electron chi connectivity index (χ1n) is 2.14. The first-order chi connectivity index (χ1) is 3.29. The van der Waals surface area contributed by atoms with Crippen molar-refractivity contribution in [3.8, 4) is 0 Å². The van der Waals surface area contributed by atoms with Crippen LogP contribution in [0.4, 0.5) is 0 Å². The molecule has 1 aliphatic rings. The topological polar surface area (TPSA) is 50.7 Å². The van der Waals surface area contributed by atoms with Gasteiger partial charge in [0.05, 0.1) is 1.37 Å². The van der Waals surface area contributed by atoms with Crippen molar-refractivity contribution in [2.45, 2.75) is 6.42 Å². The van der Waals surface area contributed by atoms with Crippen molar-refractivity contribution in [3.05, 3.63) is 0 Å². The van der Waals surface area contributed by atoms with Crippen LogP contribution in [-0.4, -0.2) is 12.0 Å². The summed E-state index contributed by atoms with van der Waals surface area (Å²) in [6.07, 6.45) is 0.664. The van der Waals surface area contributed by atoms with Gasteiger partial charge >= 0.3 is 0 Å². The van der Waals surface area contributed by atoms with Crippen LogP contribution in [0, 0.1) is 0 Å². The first kappa shape index (κ1) is 2.34. The normalized spacial score (nSPS) is 22.3. The fourth-order valence-corrected chi connectivity index (χ4v) is 0.251. The molecule has 32 valence electrons. The van der Waals surface area contributed by atoms with E-state index in [0.717, 1.165) is 0 Å². The van der Waals surface area contributed by atoms with Crippen LogP contribution >= 0.6 is 0 Å². The van der Waals surface area contributed by atoms with Gasteiger partial charge in [0.1, 0.15) is 5.84 Å². The second kappa shape index (κ2) is 1.08. The molecule has 0 saturated heterocycles. The van der Waals surface area contributed by atoms with Gasteiger partial charge in [0, 0.05) is 12.6 Å². The molecule has 0 aliphatic carbocycles. The lowest BCUT2D eigenvalue weighted by atomic mass is 10.5. The lowest BCUT2D eigenvalue weighted by molar-refractivity contribution is 1.27. The molecule has 1 heterocycles. The van der Waals surface area contributed by atoms with Gasteiger partial charge in [0.25, 0.3) is 0 Å². The SMILES string of the molecule is [3H]C1=NN=C(N)C1. The number of amidine groups is 1. The van der Waals surface area contributed by atoms with E-state index in [1.54, 1.807) is 0 Å². The van der Waals surface area contributed by atoms with Crippen LogP contribution < -0.4 is 5.73 Å². The molecule has 0 bridgehead atoms. The molecule has 0 fully saturated rings. The van der Waals surface area contributed by atoms with Gasteiger partial charge in [-0.15, -0.1) is 5.10 Å². The maximum Gasteiger partial charge on any atom is 0.127 e. The minimum atomic E-state index is 0.248. The standard InChI is InChI=1S/C3H5N3/c4-3-1-2-5-6-3/h2H,1H2,(H2,4,6)/i2T. The molecule has 0 aromatic carbocycles. The number of rotatable bonds is 0. The van der Waals surface area contributed by atoms with Crippen molar-refractivity contribution in [2.24, 2.45) is 15.9 Å². The van der Waals surface area contributed by atoms with E-state index in [2.05, 4.69) is 10.2 Å². The molecule has 1 aliphatic heterocycles. The number of nitrogens with zero attached hydrogens (tertiary/aromatic N) is 2. The zero-order chi connectivity index (χ0) is 5.28. The fourth-order valence-electron chi connectivity index (χ4n) is 0.251. The largest absolute Gasteiger partial charge is 0.385 e. The molecule has 0 radical (unpaired) electrons. The third kappa shape index (κ3) is 0.381. The molecule has 1 rings (SSSR count). The summed E-state index contributed by atoms with van der Waals surface area (Å²) in [5.74, 6) is 0.435. The Labute approximate surface area is 37.0 Å². The first-order valence-corrected chi connectivity index (χ1v) is 1.64. The van der Waals surface area contributed by atoms with Crippen molar-refractivity contribution in [1.82, 2.24) is 0 Å². The zero-order valence-corrected chi connectivity index (χ0v) is 3.18. The molecular formula is C3H5N3. The summed E-state index contributed by atoms with van der Waals surface area (Å²) in [6, 6.07) is 0. The van der Waals surface area contributed by atoms with Gasteiger partial charge in [-0.3, -0.25) is 0 Å². The lowest BCUT2D eigenvalue weighted by Crippen LogP contribution is -2.06. The molecule has 0 atom stereocenters. The Hall–Kier alpha value is -0.860. The summed E-state index contributed by atoms with van der Waals surface area (Å²) in [6.45, 7) is 0. The van der Waals surface area contributed by atoms with Crippen molar-refractivity contribution < 1.29 is 1.37 Å². The minimum Gasteiger partial charge on any atom is -0.385 e. The Balaban J connectivity index is 2.61. The van der Waals surface area contributed by atoms with Crippen LogP contribution in [0.1, 0.15) is 7.79 Å². The highest BCUT2D eigenvalue weighted by atomic mass is 15.2. The third-order valence-electron chi connectivity index (χ3n) is 0.509. The van der Waals surface area contributed by atoms with Crippen molar-refractivity contribution >= 4 is 12.0 Å². The summed E-state index contributed by atoms with van der Waals surface area (Å²) in [5.41, 5.74) is 5.14. The molecule has 3 heteroatoms. The molecule has 0 amide bonds. The van der Waals surface area contributed by atoms with Gasteiger partial charge in [-0.2, -0.15) is 5.10 Å². The quantitative estimate of drug-likeness (QED) is 0.432. The van der Waals surface area contributed by atoms with Gasteiger partial charge in [-0.25, -0.2) is 0 Å². The van der Waals surface area contributed by atoms with E-state index in [0.29, 0.717) is 12.3 Å². The molecule has 0 aromatic rings.